The van der Waals surface area contributed by atoms with Crippen LogP contribution in [-0.2, 0) is 5.41 Å². The van der Waals surface area contributed by atoms with Crippen LogP contribution in [0.25, 0.3) is 5.65 Å². The van der Waals surface area contributed by atoms with Crippen molar-refractivity contribution in [3.05, 3.63) is 18.0 Å². The monoisotopic (exact) mass is 316 g/mol. The van der Waals surface area contributed by atoms with E-state index in [0.29, 0.717) is 18.0 Å². The molecule has 6 nitrogen and oxygen atoms in total. The third-order valence-corrected chi connectivity index (χ3v) is 4.64. The van der Waals surface area contributed by atoms with E-state index in [0.717, 1.165) is 30.4 Å². The molecular weight excluding hydrogens is 288 g/mol. The minimum atomic E-state index is -0.0832. The second-order valence-corrected chi connectivity index (χ2v) is 8.04. The van der Waals surface area contributed by atoms with Gasteiger partial charge in [-0.2, -0.15) is 4.52 Å². The molecule has 6 heteroatoms. The van der Waals surface area contributed by atoms with Crippen LogP contribution in [0.15, 0.2) is 12.1 Å². The number of nitrogens with one attached hydrogen (secondary N) is 1. The van der Waals surface area contributed by atoms with Crippen LogP contribution in [0.3, 0.4) is 0 Å². The molecular formula is C17H28N6. The zero-order chi connectivity index (χ0) is 16.8. The van der Waals surface area contributed by atoms with Crippen LogP contribution in [0.1, 0.15) is 47.4 Å². The molecule has 0 amide bonds. The second kappa shape index (κ2) is 5.74. The summed E-state index contributed by atoms with van der Waals surface area (Å²) in [6.07, 6.45) is 0. The molecule has 2 aromatic rings. The maximum atomic E-state index is 4.73. The summed E-state index contributed by atoms with van der Waals surface area (Å²) in [7, 11) is 0. The summed E-state index contributed by atoms with van der Waals surface area (Å²) in [6, 6.07) is 5.00. The average molecular weight is 316 g/mol. The van der Waals surface area contributed by atoms with E-state index < -0.39 is 0 Å². The zero-order valence-corrected chi connectivity index (χ0v) is 15.0. The summed E-state index contributed by atoms with van der Waals surface area (Å²) in [5.41, 5.74) is 0.712. The molecule has 23 heavy (non-hydrogen) atoms. The Hall–Kier alpha value is -1.69. The van der Waals surface area contributed by atoms with Crippen molar-refractivity contribution in [1.29, 1.82) is 0 Å². The summed E-state index contributed by atoms with van der Waals surface area (Å²) in [6.45, 7) is 15.4. The van der Waals surface area contributed by atoms with Crippen LogP contribution in [0.5, 0.6) is 0 Å². The average Bonchev–Trinajstić information content (AvgIpc) is 3.02. The maximum absolute atomic E-state index is 4.73. The van der Waals surface area contributed by atoms with Crippen molar-refractivity contribution in [3.63, 3.8) is 0 Å². The first-order valence-electron chi connectivity index (χ1n) is 8.49. The van der Waals surface area contributed by atoms with Gasteiger partial charge in [0.15, 0.2) is 11.5 Å². The number of rotatable bonds is 3. The highest BCUT2D eigenvalue weighted by molar-refractivity contribution is 5.45. The van der Waals surface area contributed by atoms with Crippen molar-refractivity contribution in [2.24, 2.45) is 5.92 Å². The molecule has 2 atom stereocenters. The van der Waals surface area contributed by atoms with Crippen molar-refractivity contribution < 1.29 is 0 Å². The number of hydrogen-bond donors (Lipinski definition) is 1. The lowest BCUT2D eigenvalue weighted by Gasteiger charge is -2.20. The van der Waals surface area contributed by atoms with E-state index in [2.05, 4.69) is 62.0 Å². The van der Waals surface area contributed by atoms with Crippen LogP contribution in [0.2, 0.25) is 0 Å². The molecule has 3 rings (SSSR count). The Morgan fingerprint density at radius 3 is 2.52 bits per heavy atom. The highest BCUT2D eigenvalue weighted by Crippen LogP contribution is 2.23. The fourth-order valence-corrected chi connectivity index (χ4v) is 3.14. The van der Waals surface area contributed by atoms with Crippen LogP contribution in [0, 0.1) is 5.92 Å². The highest BCUT2D eigenvalue weighted by atomic mass is 15.4. The molecule has 0 bridgehead atoms. The quantitative estimate of drug-likeness (QED) is 0.943. The molecule has 3 heterocycles. The van der Waals surface area contributed by atoms with E-state index in [1.54, 1.807) is 0 Å². The van der Waals surface area contributed by atoms with E-state index in [9.17, 15) is 0 Å². The Labute approximate surface area is 138 Å². The largest absolute Gasteiger partial charge is 0.364 e. The number of hydrogen-bond acceptors (Lipinski definition) is 5. The molecule has 0 spiro atoms. The van der Waals surface area contributed by atoms with Gasteiger partial charge in [-0.15, -0.1) is 15.3 Å². The molecule has 1 aliphatic rings. The van der Waals surface area contributed by atoms with Gasteiger partial charge in [-0.25, -0.2) is 0 Å². The van der Waals surface area contributed by atoms with Crippen LogP contribution in [0.4, 0.5) is 5.82 Å². The van der Waals surface area contributed by atoms with E-state index >= 15 is 0 Å². The van der Waals surface area contributed by atoms with Gasteiger partial charge in [-0.3, -0.25) is 4.90 Å². The Morgan fingerprint density at radius 1 is 1.17 bits per heavy atom. The minimum absolute atomic E-state index is 0.0832. The Bertz CT molecular complexity index is 684. The lowest BCUT2D eigenvalue weighted by Crippen LogP contribution is -2.32. The van der Waals surface area contributed by atoms with Crippen LogP contribution < -0.4 is 5.32 Å². The first kappa shape index (κ1) is 16.2. The van der Waals surface area contributed by atoms with Gasteiger partial charge in [-0.1, -0.05) is 27.7 Å². The molecule has 1 aliphatic heterocycles. The molecule has 0 radical (unpaired) electrons. The predicted octanol–water partition coefficient (Wildman–Crippen LogP) is 2.56. The second-order valence-electron chi connectivity index (χ2n) is 8.04. The predicted molar refractivity (Wildman–Crippen MR) is 92.8 cm³/mol. The Balaban J connectivity index is 1.84. The molecule has 0 aliphatic carbocycles. The third kappa shape index (κ3) is 3.17. The highest BCUT2D eigenvalue weighted by Gasteiger charge is 2.31. The van der Waals surface area contributed by atoms with E-state index in [4.69, 9.17) is 5.10 Å². The summed E-state index contributed by atoms with van der Waals surface area (Å²) in [5.74, 6) is 2.39. The minimum Gasteiger partial charge on any atom is -0.364 e. The van der Waals surface area contributed by atoms with Gasteiger partial charge in [0.25, 0.3) is 0 Å². The fraction of sp³-hybridized carbons (Fsp3) is 0.706. The number of aromatic nitrogens is 4. The third-order valence-electron chi connectivity index (χ3n) is 4.64. The SMILES string of the molecule is CC1CN(C(C)C)CC1Nc1ccc2nnc(C(C)(C)C)n2n1. The Kier molecular flexibility index (Phi) is 4.04. The van der Waals surface area contributed by atoms with Crippen molar-refractivity contribution >= 4 is 11.5 Å². The fourth-order valence-electron chi connectivity index (χ4n) is 3.14. The smallest absolute Gasteiger partial charge is 0.178 e. The molecule has 2 aromatic heterocycles. The van der Waals surface area contributed by atoms with E-state index in [1.165, 1.54) is 0 Å². The standard InChI is InChI=1S/C17H28N6/c1-11(2)22-9-12(3)13(10-22)18-14-7-8-15-19-20-16(17(4,5)6)23(15)21-14/h7-8,11-13H,9-10H2,1-6H3,(H,18,21). The summed E-state index contributed by atoms with van der Waals surface area (Å²) < 4.78 is 1.86. The molecule has 1 fully saturated rings. The van der Waals surface area contributed by atoms with Gasteiger partial charge in [-0.05, 0) is 31.9 Å². The number of nitrogens with zero attached hydrogens (tertiary/aromatic N) is 5. The number of likely N-dealkylation sites (tertiary alicyclic amines) is 1. The zero-order valence-electron chi connectivity index (χ0n) is 15.0. The van der Waals surface area contributed by atoms with Gasteiger partial charge >= 0.3 is 0 Å². The van der Waals surface area contributed by atoms with Gasteiger partial charge in [0.2, 0.25) is 0 Å². The molecule has 1 N–H and O–H groups in total. The van der Waals surface area contributed by atoms with Gasteiger partial charge in [0.05, 0.1) is 0 Å². The molecule has 2 unspecified atom stereocenters. The van der Waals surface area contributed by atoms with E-state index in [-0.39, 0.29) is 5.41 Å². The van der Waals surface area contributed by atoms with Gasteiger partial charge < -0.3 is 5.32 Å². The molecule has 1 saturated heterocycles. The van der Waals surface area contributed by atoms with Crippen molar-refractivity contribution in [2.75, 3.05) is 18.4 Å². The first-order valence-corrected chi connectivity index (χ1v) is 8.49. The maximum Gasteiger partial charge on any atom is 0.178 e. The van der Waals surface area contributed by atoms with Crippen molar-refractivity contribution in [2.45, 2.75) is 59.0 Å². The van der Waals surface area contributed by atoms with Gasteiger partial charge in [0, 0.05) is 30.6 Å². The van der Waals surface area contributed by atoms with Crippen LogP contribution in [-0.4, -0.2) is 49.9 Å². The molecule has 0 aromatic carbocycles. The van der Waals surface area contributed by atoms with Gasteiger partial charge in [0.1, 0.15) is 5.82 Å². The van der Waals surface area contributed by atoms with E-state index in [1.807, 2.05) is 16.6 Å². The number of fused-ring (bicyclic) bond motifs is 1. The summed E-state index contributed by atoms with van der Waals surface area (Å²) in [5, 5.41) is 16.9. The van der Waals surface area contributed by atoms with Crippen LogP contribution >= 0.6 is 0 Å². The summed E-state index contributed by atoms with van der Waals surface area (Å²) in [4.78, 5) is 2.51. The molecule has 0 saturated carbocycles. The van der Waals surface area contributed by atoms with Crippen molar-refractivity contribution in [1.82, 2.24) is 24.7 Å². The van der Waals surface area contributed by atoms with Crippen molar-refractivity contribution in [3.8, 4) is 0 Å². The normalized spacial score (nSPS) is 23.1. The number of anilines is 1. The Morgan fingerprint density at radius 2 is 1.91 bits per heavy atom. The lowest BCUT2D eigenvalue weighted by atomic mass is 9.96. The lowest BCUT2D eigenvalue weighted by molar-refractivity contribution is 0.267. The summed E-state index contributed by atoms with van der Waals surface area (Å²) >= 11 is 0. The topological polar surface area (TPSA) is 58.3 Å². The first-order chi connectivity index (χ1) is 10.8. The molecule has 126 valence electrons.